The van der Waals surface area contributed by atoms with Crippen molar-refractivity contribution in [2.24, 2.45) is 11.7 Å². The molecule has 1 rings (SSSR count). The maximum Gasteiger partial charge on any atom is 0.224 e. The van der Waals surface area contributed by atoms with Crippen molar-refractivity contribution in [1.29, 1.82) is 0 Å². The molecule has 0 aromatic carbocycles. The number of nitrogens with one attached hydrogen (secondary N) is 1. The van der Waals surface area contributed by atoms with Crippen molar-refractivity contribution in [2.75, 3.05) is 11.9 Å². The van der Waals surface area contributed by atoms with E-state index in [1.54, 1.807) is 0 Å². The van der Waals surface area contributed by atoms with Gasteiger partial charge in [0.1, 0.15) is 12.0 Å². The van der Waals surface area contributed by atoms with Gasteiger partial charge >= 0.3 is 0 Å². The summed E-state index contributed by atoms with van der Waals surface area (Å²) in [6, 6.07) is 0. The molecule has 1 heterocycles. The first-order chi connectivity index (χ1) is 6.76. The Labute approximate surface area is 82.6 Å². The summed E-state index contributed by atoms with van der Waals surface area (Å²) in [5.41, 5.74) is 6.08. The molecule has 14 heavy (non-hydrogen) atoms. The zero-order valence-corrected chi connectivity index (χ0v) is 8.19. The molecule has 78 valence electrons. The van der Waals surface area contributed by atoms with Gasteiger partial charge in [-0.2, -0.15) is 0 Å². The van der Waals surface area contributed by atoms with Gasteiger partial charge in [-0.05, 0) is 12.5 Å². The molecule has 0 aliphatic heterocycles. The van der Waals surface area contributed by atoms with E-state index in [2.05, 4.69) is 15.0 Å². The molecule has 1 atom stereocenters. The highest BCUT2D eigenvalue weighted by molar-refractivity contribution is 5.90. The molecule has 1 aromatic heterocycles. The predicted molar refractivity (Wildman–Crippen MR) is 52.6 cm³/mol. The molecule has 0 saturated carbocycles. The van der Waals surface area contributed by atoms with Gasteiger partial charge in [0.05, 0.1) is 6.20 Å². The summed E-state index contributed by atoms with van der Waals surface area (Å²) in [7, 11) is 0. The van der Waals surface area contributed by atoms with Crippen LogP contribution in [0.1, 0.15) is 19.8 Å². The Balaban J connectivity index is 2.35. The van der Waals surface area contributed by atoms with E-state index in [1.807, 2.05) is 6.92 Å². The zero-order valence-electron chi connectivity index (χ0n) is 8.19. The van der Waals surface area contributed by atoms with Crippen molar-refractivity contribution in [3.05, 3.63) is 12.5 Å². The number of carbonyl (C=O) groups excluding carboxylic acids is 1. The van der Waals surface area contributed by atoms with Gasteiger partial charge in [0, 0.05) is 6.42 Å². The van der Waals surface area contributed by atoms with Gasteiger partial charge in [-0.25, -0.2) is 0 Å². The lowest BCUT2D eigenvalue weighted by Crippen LogP contribution is -2.21. The van der Waals surface area contributed by atoms with Crippen molar-refractivity contribution >= 4 is 11.6 Å². The number of rotatable bonds is 5. The lowest BCUT2D eigenvalue weighted by Gasteiger charge is -2.10. The molecular weight excluding hydrogens is 182 g/mol. The second kappa shape index (κ2) is 5.39. The third-order valence-corrected chi connectivity index (χ3v) is 2.10. The lowest BCUT2D eigenvalue weighted by atomic mass is 10.0. The minimum absolute atomic E-state index is 0.0505. The second-order valence-corrected chi connectivity index (χ2v) is 3.18. The van der Waals surface area contributed by atoms with E-state index in [9.17, 15) is 4.79 Å². The predicted octanol–water partition coefficient (Wildman–Crippen LogP) is 0.988. The van der Waals surface area contributed by atoms with Gasteiger partial charge in [-0.1, -0.05) is 18.5 Å². The molecule has 3 N–H and O–H groups in total. The van der Waals surface area contributed by atoms with Crippen LogP contribution >= 0.6 is 0 Å². The molecule has 5 nitrogen and oxygen atoms in total. The number of anilines is 1. The van der Waals surface area contributed by atoms with Gasteiger partial charge in [0.2, 0.25) is 5.91 Å². The average Bonchev–Trinajstić information content (AvgIpc) is 2.66. The number of nitrogens with zero attached hydrogens (tertiary/aromatic N) is 1. The fourth-order valence-corrected chi connectivity index (χ4v) is 1.14. The van der Waals surface area contributed by atoms with Gasteiger partial charge in [0.15, 0.2) is 0 Å². The van der Waals surface area contributed by atoms with Crippen molar-refractivity contribution in [3.63, 3.8) is 0 Å². The summed E-state index contributed by atoms with van der Waals surface area (Å²) in [6.45, 7) is 2.55. The van der Waals surface area contributed by atoms with Crippen molar-refractivity contribution < 1.29 is 9.32 Å². The van der Waals surface area contributed by atoms with E-state index in [0.29, 0.717) is 18.7 Å². The molecule has 0 saturated heterocycles. The standard InChI is InChI=1S/C9H15N3O2/c1-2-7(4-10)3-9(13)12-8-5-11-14-6-8/h5-7H,2-4,10H2,1H3,(H,12,13). The highest BCUT2D eigenvalue weighted by atomic mass is 16.5. The summed E-state index contributed by atoms with van der Waals surface area (Å²) in [5, 5.41) is 6.15. The van der Waals surface area contributed by atoms with Crippen LogP contribution in [0.15, 0.2) is 17.0 Å². The molecule has 0 spiro atoms. The number of carbonyl (C=O) groups is 1. The molecule has 0 radical (unpaired) electrons. The molecule has 0 bridgehead atoms. The van der Waals surface area contributed by atoms with Crippen LogP contribution in [0.25, 0.3) is 0 Å². The van der Waals surface area contributed by atoms with Gasteiger partial charge in [-0.15, -0.1) is 0 Å². The van der Waals surface area contributed by atoms with Gasteiger partial charge < -0.3 is 15.6 Å². The van der Waals surface area contributed by atoms with Crippen LogP contribution in [-0.4, -0.2) is 17.6 Å². The van der Waals surface area contributed by atoms with E-state index in [1.165, 1.54) is 12.5 Å². The Morgan fingerprint density at radius 2 is 2.57 bits per heavy atom. The van der Waals surface area contributed by atoms with Crippen LogP contribution in [0, 0.1) is 5.92 Å². The largest absolute Gasteiger partial charge is 0.363 e. The molecule has 1 amide bonds. The molecular formula is C9H15N3O2. The fraction of sp³-hybridized carbons (Fsp3) is 0.556. The van der Waals surface area contributed by atoms with Crippen LogP contribution in [0.5, 0.6) is 0 Å². The Morgan fingerprint density at radius 3 is 3.07 bits per heavy atom. The maximum atomic E-state index is 11.4. The van der Waals surface area contributed by atoms with Crippen molar-refractivity contribution in [3.8, 4) is 0 Å². The van der Waals surface area contributed by atoms with Crippen LogP contribution < -0.4 is 11.1 Å². The van der Waals surface area contributed by atoms with Crippen molar-refractivity contribution in [2.45, 2.75) is 19.8 Å². The SMILES string of the molecule is CCC(CN)CC(=O)Nc1cnoc1. The van der Waals surface area contributed by atoms with Gasteiger partial charge in [-0.3, -0.25) is 4.79 Å². The number of hydrogen-bond acceptors (Lipinski definition) is 4. The zero-order chi connectivity index (χ0) is 10.4. The second-order valence-electron chi connectivity index (χ2n) is 3.18. The average molecular weight is 197 g/mol. The first-order valence-electron chi connectivity index (χ1n) is 4.65. The van der Waals surface area contributed by atoms with Crippen LogP contribution in [-0.2, 0) is 4.79 Å². The molecule has 5 heteroatoms. The normalized spacial score (nSPS) is 12.4. The quantitative estimate of drug-likeness (QED) is 0.737. The Bertz CT molecular complexity index is 268. The first kappa shape index (κ1) is 10.7. The maximum absolute atomic E-state index is 11.4. The number of nitrogens with two attached hydrogens (primary N) is 1. The van der Waals surface area contributed by atoms with Crippen LogP contribution in [0.2, 0.25) is 0 Å². The van der Waals surface area contributed by atoms with Crippen LogP contribution in [0.3, 0.4) is 0 Å². The minimum atomic E-state index is -0.0505. The van der Waals surface area contributed by atoms with Crippen molar-refractivity contribution in [1.82, 2.24) is 5.16 Å². The monoisotopic (exact) mass is 197 g/mol. The van der Waals surface area contributed by atoms with E-state index in [0.717, 1.165) is 6.42 Å². The Hall–Kier alpha value is -1.36. The van der Waals surface area contributed by atoms with E-state index in [4.69, 9.17) is 5.73 Å². The summed E-state index contributed by atoms with van der Waals surface area (Å²) < 4.78 is 4.58. The van der Waals surface area contributed by atoms with E-state index >= 15 is 0 Å². The first-order valence-corrected chi connectivity index (χ1v) is 4.65. The van der Waals surface area contributed by atoms with E-state index in [-0.39, 0.29) is 11.8 Å². The number of aromatic nitrogens is 1. The third-order valence-electron chi connectivity index (χ3n) is 2.10. The lowest BCUT2D eigenvalue weighted by molar-refractivity contribution is -0.117. The molecule has 1 aromatic rings. The highest BCUT2D eigenvalue weighted by Gasteiger charge is 2.10. The minimum Gasteiger partial charge on any atom is -0.363 e. The highest BCUT2D eigenvalue weighted by Crippen LogP contribution is 2.09. The summed E-state index contributed by atoms with van der Waals surface area (Å²) in [4.78, 5) is 11.4. The van der Waals surface area contributed by atoms with E-state index < -0.39 is 0 Å². The molecule has 0 fully saturated rings. The topological polar surface area (TPSA) is 81.2 Å². The molecule has 0 aliphatic rings. The Kier molecular flexibility index (Phi) is 4.12. The third kappa shape index (κ3) is 3.18. The smallest absolute Gasteiger partial charge is 0.224 e. The summed E-state index contributed by atoms with van der Waals surface area (Å²) >= 11 is 0. The summed E-state index contributed by atoms with van der Waals surface area (Å²) in [6.07, 6.45) is 4.20. The molecule has 0 aliphatic carbocycles. The van der Waals surface area contributed by atoms with Crippen LogP contribution in [0.4, 0.5) is 5.69 Å². The van der Waals surface area contributed by atoms with Gasteiger partial charge in [0.25, 0.3) is 0 Å². The fourth-order valence-electron chi connectivity index (χ4n) is 1.14. The molecule has 1 unspecified atom stereocenters. The number of hydrogen-bond donors (Lipinski definition) is 2. The summed E-state index contributed by atoms with van der Waals surface area (Å²) in [5.74, 6) is 0.195. The number of amides is 1. The Morgan fingerprint density at radius 1 is 1.79 bits per heavy atom.